The van der Waals surface area contributed by atoms with Crippen LogP contribution in [0.2, 0.25) is 0 Å². The first-order valence-electron chi connectivity index (χ1n) is 6.18. The van der Waals surface area contributed by atoms with Crippen LogP contribution in [0.15, 0.2) is 54.6 Å². The van der Waals surface area contributed by atoms with Gasteiger partial charge in [-0.2, -0.15) is 0 Å². The largest absolute Gasteiger partial charge is 0.422 e. The van der Waals surface area contributed by atoms with Gasteiger partial charge in [0.05, 0.1) is 5.69 Å². The minimum Gasteiger partial charge on any atom is -0.422 e. The molecule has 0 fully saturated rings. The molecule has 0 bridgehead atoms. The van der Waals surface area contributed by atoms with Gasteiger partial charge in [-0.3, -0.25) is 0 Å². The number of ether oxygens (including phenoxy) is 1. The van der Waals surface area contributed by atoms with Gasteiger partial charge in [-0.1, -0.05) is 42.5 Å². The monoisotopic (exact) mass is 249 g/mol. The van der Waals surface area contributed by atoms with Gasteiger partial charge in [-0.15, -0.1) is 0 Å². The van der Waals surface area contributed by atoms with E-state index in [-0.39, 0.29) is 5.97 Å². The molecule has 1 heterocycles. The number of nitrogens with one attached hydrogen (secondary N) is 1. The minimum atomic E-state index is -0.884. The molecule has 19 heavy (non-hydrogen) atoms. The van der Waals surface area contributed by atoms with Crippen molar-refractivity contribution in [3.63, 3.8) is 0 Å². The van der Waals surface area contributed by atoms with Crippen molar-refractivity contribution in [3.8, 4) is 5.75 Å². The lowest BCUT2D eigenvalue weighted by Gasteiger charge is -2.34. The van der Waals surface area contributed by atoms with E-state index in [1.807, 2.05) is 54.6 Å². The van der Waals surface area contributed by atoms with Crippen molar-refractivity contribution in [1.82, 2.24) is 0 Å². The molecule has 1 spiro atoms. The number of hydrogen-bond acceptors (Lipinski definition) is 3. The van der Waals surface area contributed by atoms with Crippen molar-refractivity contribution >= 4 is 17.7 Å². The second-order valence-electron chi connectivity index (χ2n) is 4.74. The molecule has 1 aliphatic heterocycles. The Morgan fingerprint density at radius 1 is 1.00 bits per heavy atom. The topological polar surface area (TPSA) is 38.3 Å². The normalized spacial score (nSPS) is 22.6. The van der Waals surface area contributed by atoms with Crippen molar-refractivity contribution in [2.24, 2.45) is 0 Å². The molecule has 4 rings (SSSR count). The summed E-state index contributed by atoms with van der Waals surface area (Å²) in [7, 11) is 0. The predicted octanol–water partition coefficient (Wildman–Crippen LogP) is 2.94. The maximum Gasteiger partial charge on any atom is 0.346 e. The van der Waals surface area contributed by atoms with E-state index in [4.69, 9.17) is 4.74 Å². The molecule has 0 aromatic heterocycles. The van der Waals surface area contributed by atoms with E-state index in [1.54, 1.807) is 6.07 Å². The summed E-state index contributed by atoms with van der Waals surface area (Å²) >= 11 is 0. The summed E-state index contributed by atoms with van der Waals surface area (Å²) in [6.07, 6.45) is 3.83. The lowest BCUT2D eigenvalue weighted by molar-refractivity contribution is -0.138. The Bertz CT molecular complexity index is 720. The first-order valence-corrected chi connectivity index (χ1v) is 6.18. The quantitative estimate of drug-likeness (QED) is 0.576. The summed E-state index contributed by atoms with van der Waals surface area (Å²) in [6.45, 7) is 0. The van der Waals surface area contributed by atoms with Crippen molar-refractivity contribution in [1.29, 1.82) is 0 Å². The molecule has 92 valence electrons. The van der Waals surface area contributed by atoms with Crippen LogP contribution in [0.3, 0.4) is 0 Å². The molecule has 1 unspecified atom stereocenters. The van der Waals surface area contributed by atoms with Gasteiger partial charge < -0.3 is 10.1 Å². The van der Waals surface area contributed by atoms with Crippen LogP contribution in [-0.2, 0) is 10.3 Å². The summed E-state index contributed by atoms with van der Waals surface area (Å²) in [5, 5.41) is 3.32. The lowest BCUT2D eigenvalue weighted by atomic mass is 9.90. The van der Waals surface area contributed by atoms with Gasteiger partial charge in [-0.05, 0) is 29.3 Å². The Morgan fingerprint density at radius 3 is 2.74 bits per heavy atom. The molecule has 2 aliphatic rings. The number of rotatable bonds is 0. The Balaban J connectivity index is 1.91. The van der Waals surface area contributed by atoms with Crippen LogP contribution in [-0.4, -0.2) is 5.97 Å². The molecular formula is C16H11NO2. The number of esters is 1. The Morgan fingerprint density at radius 2 is 1.79 bits per heavy atom. The maximum atomic E-state index is 12.4. The highest BCUT2D eigenvalue weighted by molar-refractivity contribution is 5.98. The summed E-state index contributed by atoms with van der Waals surface area (Å²) in [6, 6.07) is 15.3. The van der Waals surface area contributed by atoms with E-state index >= 15 is 0 Å². The highest BCUT2D eigenvalue weighted by Gasteiger charge is 2.46. The molecule has 1 N–H and O–H groups in total. The minimum absolute atomic E-state index is 0.285. The number of benzene rings is 2. The van der Waals surface area contributed by atoms with Crippen LogP contribution < -0.4 is 10.1 Å². The van der Waals surface area contributed by atoms with Crippen LogP contribution in [0.1, 0.15) is 11.1 Å². The average Bonchev–Trinajstić information content (AvgIpc) is 2.81. The third kappa shape index (κ3) is 1.30. The fraction of sp³-hybridized carbons (Fsp3) is 0.0625. The zero-order chi connectivity index (χ0) is 12.9. The van der Waals surface area contributed by atoms with E-state index in [2.05, 4.69) is 5.32 Å². The zero-order valence-corrected chi connectivity index (χ0v) is 10.1. The smallest absolute Gasteiger partial charge is 0.346 e. The number of para-hydroxylation sites is 2. The number of carbonyl (C=O) groups is 1. The summed E-state index contributed by atoms with van der Waals surface area (Å²) in [4.78, 5) is 12.4. The van der Waals surface area contributed by atoms with E-state index in [0.29, 0.717) is 5.75 Å². The van der Waals surface area contributed by atoms with Crippen LogP contribution >= 0.6 is 0 Å². The van der Waals surface area contributed by atoms with Crippen molar-refractivity contribution < 1.29 is 9.53 Å². The SMILES string of the molecule is O=C1Oc2ccccc2NC12C=Cc1ccccc12. The van der Waals surface area contributed by atoms with Gasteiger partial charge in [0.25, 0.3) is 0 Å². The molecule has 3 nitrogen and oxygen atoms in total. The van der Waals surface area contributed by atoms with Crippen LogP contribution in [0.5, 0.6) is 5.75 Å². The molecule has 2 aromatic carbocycles. The van der Waals surface area contributed by atoms with Gasteiger partial charge in [0.2, 0.25) is 0 Å². The van der Waals surface area contributed by atoms with Gasteiger partial charge in [0.15, 0.2) is 11.3 Å². The number of hydrogen-bond donors (Lipinski definition) is 1. The molecule has 1 atom stereocenters. The second kappa shape index (κ2) is 3.48. The van der Waals surface area contributed by atoms with E-state index < -0.39 is 5.54 Å². The fourth-order valence-corrected chi connectivity index (χ4v) is 2.70. The molecule has 0 saturated heterocycles. The zero-order valence-electron chi connectivity index (χ0n) is 10.1. The summed E-state index contributed by atoms with van der Waals surface area (Å²) in [5.74, 6) is 0.295. The van der Waals surface area contributed by atoms with Crippen LogP contribution in [0, 0.1) is 0 Å². The van der Waals surface area contributed by atoms with Gasteiger partial charge in [0, 0.05) is 0 Å². The van der Waals surface area contributed by atoms with Gasteiger partial charge in [-0.25, -0.2) is 4.79 Å². The number of fused-ring (bicyclic) bond motifs is 3. The third-order valence-corrected chi connectivity index (χ3v) is 3.64. The Kier molecular flexibility index (Phi) is 1.90. The molecule has 1 aliphatic carbocycles. The molecule has 3 heteroatoms. The molecule has 0 amide bonds. The summed E-state index contributed by atoms with van der Waals surface area (Å²) in [5.41, 5.74) is 1.94. The van der Waals surface area contributed by atoms with Crippen LogP contribution in [0.25, 0.3) is 6.08 Å². The molecule has 2 aromatic rings. The Hall–Kier alpha value is -2.55. The lowest BCUT2D eigenvalue weighted by Crippen LogP contribution is -2.46. The highest BCUT2D eigenvalue weighted by Crippen LogP contribution is 2.43. The predicted molar refractivity (Wildman–Crippen MR) is 72.9 cm³/mol. The average molecular weight is 249 g/mol. The fourth-order valence-electron chi connectivity index (χ4n) is 2.70. The van der Waals surface area contributed by atoms with Crippen molar-refractivity contribution in [2.45, 2.75) is 5.54 Å². The Labute approximate surface area is 110 Å². The first-order chi connectivity index (χ1) is 9.29. The van der Waals surface area contributed by atoms with Crippen molar-refractivity contribution in [2.75, 3.05) is 5.32 Å². The summed E-state index contributed by atoms with van der Waals surface area (Å²) < 4.78 is 5.47. The maximum absolute atomic E-state index is 12.4. The van der Waals surface area contributed by atoms with Crippen LogP contribution in [0.4, 0.5) is 5.69 Å². The van der Waals surface area contributed by atoms with E-state index in [9.17, 15) is 4.79 Å². The van der Waals surface area contributed by atoms with E-state index in [0.717, 1.165) is 16.8 Å². The van der Waals surface area contributed by atoms with Crippen molar-refractivity contribution in [3.05, 3.63) is 65.7 Å². The van der Waals surface area contributed by atoms with E-state index in [1.165, 1.54) is 0 Å². The molecule has 0 saturated carbocycles. The highest BCUT2D eigenvalue weighted by atomic mass is 16.5. The second-order valence-corrected chi connectivity index (χ2v) is 4.74. The first kappa shape index (κ1) is 10.4. The standard InChI is InChI=1S/C16H11NO2/c18-15-16(10-9-11-5-1-2-6-12(11)16)17-13-7-3-4-8-14(13)19-15/h1-10,17H. The van der Waals surface area contributed by atoms with Gasteiger partial charge in [0.1, 0.15) is 0 Å². The van der Waals surface area contributed by atoms with Gasteiger partial charge >= 0.3 is 5.97 Å². The number of carbonyl (C=O) groups excluding carboxylic acids is 1. The molecular weight excluding hydrogens is 238 g/mol. The number of anilines is 1. The molecule has 0 radical (unpaired) electrons. The third-order valence-electron chi connectivity index (χ3n) is 3.64.